The summed E-state index contributed by atoms with van der Waals surface area (Å²) < 4.78 is 13.3. The Bertz CT molecular complexity index is 1350. The second kappa shape index (κ2) is 11.6. The van der Waals surface area contributed by atoms with Gasteiger partial charge in [0.25, 0.3) is 11.8 Å². The van der Waals surface area contributed by atoms with Crippen LogP contribution in [0, 0.1) is 12.7 Å². The van der Waals surface area contributed by atoms with Gasteiger partial charge >= 0.3 is 6.03 Å². The van der Waals surface area contributed by atoms with Gasteiger partial charge in [0.1, 0.15) is 5.82 Å². The second-order valence-corrected chi connectivity index (χ2v) is 9.96. The zero-order valence-corrected chi connectivity index (χ0v) is 22.0. The number of nitrogens with one attached hydrogen (secondary N) is 2. The number of amides is 4. The maximum absolute atomic E-state index is 13.5. The number of aryl methyl sites for hydroxylation is 1. The average molecular weight is 530 g/mol. The van der Waals surface area contributed by atoms with Crippen molar-refractivity contribution in [3.8, 4) is 0 Å². The topological polar surface area (TPSA) is 85.0 Å². The quantitative estimate of drug-likeness (QED) is 0.489. The van der Waals surface area contributed by atoms with E-state index in [0.29, 0.717) is 56.1 Å². The van der Waals surface area contributed by atoms with E-state index in [1.165, 1.54) is 24.3 Å². The van der Waals surface area contributed by atoms with Crippen LogP contribution in [0.4, 0.5) is 26.2 Å². The molecule has 0 aliphatic carbocycles. The second-order valence-electron chi connectivity index (χ2n) is 9.96. The Morgan fingerprint density at radius 1 is 0.718 bits per heavy atom. The lowest BCUT2D eigenvalue weighted by Gasteiger charge is -2.37. The van der Waals surface area contributed by atoms with E-state index < -0.39 is 5.82 Å². The number of carbonyl (C=O) groups is 3. The zero-order chi connectivity index (χ0) is 27.4. The molecule has 39 heavy (non-hydrogen) atoms. The molecule has 0 saturated carbocycles. The van der Waals surface area contributed by atoms with Crippen molar-refractivity contribution in [3.63, 3.8) is 0 Å². The van der Waals surface area contributed by atoms with E-state index in [1.54, 1.807) is 17.0 Å². The SMILES string of the molecule is Cc1ccc(NC(=O)N2CCN(c3ccc(NC(=O)c4ccc(F)cc4)cc3C(=O)N3CCCC3)CC2)cc1. The first kappa shape index (κ1) is 26.2. The molecule has 8 nitrogen and oxygen atoms in total. The predicted octanol–water partition coefficient (Wildman–Crippen LogP) is 4.98. The van der Waals surface area contributed by atoms with Gasteiger partial charge in [-0.05, 0) is 74.4 Å². The number of rotatable bonds is 5. The summed E-state index contributed by atoms with van der Waals surface area (Å²) in [4.78, 5) is 44.8. The molecular weight excluding hydrogens is 497 g/mol. The summed E-state index contributed by atoms with van der Waals surface area (Å²) >= 11 is 0. The molecule has 2 heterocycles. The van der Waals surface area contributed by atoms with Gasteiger partial charge in [-0.15, -0.1) is 0 Å². The summed E-state index contributed by atoms with van der Waals surface area (Å²) in [7, 11) is 0. The Labute approximate surface area is 227 Å². The molecule has 2 N–H and O–H groups in total. The number of carbonyl (C=O) groups excluding carboxylic acids is 3. The standard InChI is InChI=1S/C30H32FN5O3/c1-21-4-10-24(11-5-21)33-30(39)36-18-16-34(17-19-36)27-13-12-25(20-26(27)29(38)35-14-2-3-15-35)32-28(37)22-6-8-23(31)9-7-22/h4-13,20H,2-3,14-19H2,1H3,(H,32,37)(H,33,39). The smallest absolute Gasteiger partial charge is 0.321 e. The van der Waals surface area contributed by atoms with E-state index in [4.69, 9.17) is 0 Å². The molecule has 5 rings (SSSR count). The highest BCUT2D eigenvalue weighted by molar-refractivity contribution is 6.06. The van der Waals surface area contributed by atoms with Crippen molar-refractivity contribution in [2.24, 2.45) is 0 Å². The van der Waals surface area contributed by atoms with Crippen LogP contribution < -0.4 is 15.5 Å². The maximum atomic E-state index is 13.5. The number of urea groups is 1. The predicted molar refractivity (Wildman–Crippen MR) is 150 cm³/mol. The fraction of sp³-hybridized carbons (Fsp3) is 0.300. The van der Waals surface area contributed by atoms with Crippen LogP contribution in [0.1, 0.15) is 39.1 Å². The van der Waals surface area contributed by atoms with E-state index in [0.717, 1.165) is 29.8 Å². The van der Waals surface area contributed by atoms with Crippen LogP contribution in [-0.2, 0) is 0 Å². The van der Waals surface area contributed by atoms with Gasteiger partial charge in [-0.25, -0.2) is 9.18 Å². The minimum atomic E-state index is -0.415. The largest absolute Gasteiger partial charge is 0.367 e. The Balaban J connectivity index is 1.30. The molecule has 2 saturated heterocycles. The zero-order valence-electron chi connectivity index (χ0n) is 22.0. The van der Waals surface area contributed by atoms with Crippen molar-refractivity contribution in [1.29, 1.82) is 0 Å². The number of anilines is 3. The molecule has 0 aromatic heterocycles. The van der Waals surface area contributed by atoms with Crippen LogP contribution in [0.25, 0.3) is 0 Å². The van der Waals surface area contributed by atoms with Crippen molar-refractivity contribution in [2.75, 3.05) is 54.8 Å². The van der Waals surface area contributed by atoms with Gasteiger partial charge in [0.15, 0.2) is 0 Å². The molecule has 3 aromatic rings. The van der Waals surface area contributed by atoms with E-state index in [-0.39, 0.29) is 17.8 Å². The van der Waals surface area contributed by atoms with Crippen LogP contribution >= 0.6 is 0 Å². The minimum absolute atomic E-state index is 0.0695. The summed E-state index contributed by atoms with van der Waals surface area (Å²) in [5.41, 5.74) is 4.00. The van der Waals surface area contributed by atoms with Gasteiger partial charge in [0, 0.05) is 61.9 Å². The molecule has 3 aromatic carbocycles. The first-order valence-electron chi connectivity index (χ1n) is 13.3. The fourth-order valence-electron chi connectivity index (χ4n) is 4.95. The van der Waals surface area contributed by atoms with Crippen molar-refractivity contribution >= 4 is 34.9 Å². The molecule has 2 aliphatic rings. The van der Waals surface area contributed by atoms with Crippen LogP contribution in [0.15, 0.2) is 66.7 Å². The summed E-state index contributed by atoms with van der Waals surface area (Å²) in [5.74, 6) is -0.863. The lowest BCUT2D eigenvalue weighted by atomic mass is 10.1. The summed E-state index contributed by atoms with van der Waals surface area (Å²) in [5, 5.41) is 5.78. The van der Waals surface area contributed by atoms with Crippen LogP contribution in [0.3, 0.4) is 0 Å². The van der Waals surface area contributed by atoms with Crippen molar-refractivity contribution in [2.45, 2.75) is 19.8 Å². The lowest BCUT2D eigenvalue weighted by molar-refractivity contribution is 0.0792. The first-order chi connectivity index (χ1) is 18.9. The summed E-state index contributed by atoms with van der Waals surface area (Å²) in [6, 6.07) is 18.2. The Hall–Kier alpha value is -4.40. The highest BCUT2D eigenvalue weighted by Gasteiger charge is 2.27. The molecule has 2 aliphatic heterocycles. The molecule has 2 fully saturated rings. The molecule has 0 unspecified atom stereocenters. The Morgan fingerprint density at radius 3 is 2.03 bits per heavy atom. The highest BCUT2D eigenvalue weighted by atomic mass is 19.1. The number of piperazine rings is 1. The Kier molecular flexibility index (Phi) is 7.76. The van der Waals surface area contributed by atoms with Crippen LogP contribution in [-0.4, -0.2) is 66.9 Å². The summed E-state index contributed by atoms with van der Waals surface area (Å²) in [6.07, 6.45) is 1.94. The fourth-order valence-corrected chi connectivity index (χ4v) is 4.95. The van der Waals surface area contributed by atoms with Crippen LogP contribution in [0.5, 0.6) is 0 Å². The Morgan fingerprint density at radius 2 is 1.36 bits per heavy atom. The van der Waals surface area contributed by atoms with Gasteiger partial charge < -0.3 is 25.3 Å². The molecule has 0 atom stereocenters. The van der Waals surface area contributed by atoms with Crippen molar-refractivity contribution in [1.82, 2.24) is 9.80 Å². The molecule has 0 radical (unpaired) electrons. The van der Waals surface area contributed by atoms with Gasteiger partial charge in [-0.2, -0.15) is 0 Å². The highest BCUT2D eigenvalue weighted by Crippen LogP contribution is 2.28. The first-order valence-corrected chi connectivity index (χ1v) is 13.3. The van der Waals surface area contributed by atoms with E-state index in [9.17, 15) is 18.8 Å². The lowest BCUT2D eigenvalue weighted by Crippen LogP contribution is -2.50. The van der Waals surface area contributed by atoms with Crippen molar-refractivity contribution in [3.05, 3.63) is 89.2 Å². The number of hydrogen-bond donors (Lipinski definition) is 2. The number of halogens is 1. The number of nitrogens with zero attached hydrogens (tertiary/aromatic N) is 3. The van der Waals surface area contributed by atoms with Crippen LogP contribution in [0.2, 0.25) is 0 Å². The third-order valence-corrected chi connectivity index (χ3v) is 7.19. The number of hydrogen-bond acceptors (Lipinski definition) is 4. The van der Waals surface area contributed by atoms with Gasteiger partial charge in [0.2, 0.25) is 0 Å². The number of likely N-dealkylation sites (tertiary alicyclic amines) is 1. The average Bonchev–Trinajstić information content (AvgIpc) is 3.49. The summed E-state index contributed by atoms with van der Waals surface area (Å²) in [6.45, 7) is 5.58. The normalized spacial score (nSPS) is 15.3. The monoisotopic (exact) mass is 529 g/mol. The third kappa shape index (κ3) is 6.19. The third-order valence-electron chi connectivity index (χ3n) is 7.19. The number of benzene rings is 3. The molecule has 4 amide bonds. The molecule has 202 valence electrons. The molecule has 9 heteroatoms. The van der Waals surface area contributed by atoms with Gasteiger partial charge in [-0.3, -0.25) is 9.59 Å². The van der Waals surface area contributed by atoms with E-state index in [2.05, 4.69) is 15.5 Å². The minimum Gasteiger partial charge on any atom is -0.367 e. The van der Waals surface area contributed by atoms with Gasteiger partial charge in [-0.1, -0.05) is 17.7 Å². The van der Waals surface area contributed by atoms with Crippen molar-refractivity contribution < 1.29 is 18.8 Å². The van der Waals surface area contributed by atoms with E-state index >= 15 is 0 Å². The molecule has 0 bridgehead atoms. The molecule has 0 spiro atoms. The maximum Gasteiger partial charge on any atom is 0.321 e. The molecular formula is C30H32FN5O3. The van der Waals surface area contributed by atoms with Gasteiger partial charge in [0.05, 0.1) is 5.56 Å². The van der Waals surface area contributed by atoms with E-state index in [1.807, 2.05) is 42.2 Å².